The van der Waals surface area contributed by atoms with Crippen LogP contribution in [0.25, 0.3) is 0 Å². The van der Waals surface area contributed by atoms with E-state index in [1.165, 1.54) is 0 Å². The lowest BCUT2D eigenvalue weighted by molar-refractivity contribution is -0.123. The molecule has 102 valence electrons. The Morgan fingerprint density at radius 3 is 3.16 bits per heavy atom. The van der Waals surface area contributed by atoms with Gasteiger partial charge in [0.25, 0.3) is 0 Å². The Hall–Kier alpha value is -1.79. The first-order valence-electron chi connectivity index (χ1n) is 6.30. The largest absolute Gasteiger partial charge is 0.454 e. The second-order valence-corrected chi connectivity index (χ2v) is 4.72. The van der Waals surface area contributed by atoms with E-state index in [1.807, 2.05) is 18.2 Å². The van der Waals surface area contributed by atoms with Crippen molar-refractivity contribution >= 4 is 5.91 Å². The number of carbonyl (C=O) groups excluding carboxylic acids is 1. The summed E-state index contributed by atoms with van der Waals surface area (Å²) in [4.78, 5) is 11.9. The highest BCUT2D eigenvalue weighted by Crippen LogP contribution is 2.35. The Bertz CT molecular complexity index is 492. The van der Waals surface area contributed by atoms with E-state index < -0.39 is 6.10 Å². The van der Waals surface area contributed by atoms with E-state index in [4.69, 9.17) is 9.47 Å². The van der Waals surface area contributed by atoms with Crippen molar-refractivity contribution in [2.75, 3.05) is 13.3 Å². The van der Waals surface area contributed by atoms with Crippen molar-refractivity contribution < 1.29 is 19.4 Å². The molecule has 0 aliphatic carbocycles. The number of β-amino-alcohol motifs (C(OH)–C–C–N with tert-alkyl or cyclic N) is 1. The summed E-state index contributed by atoms with van der Waals surface area (Å²) in [6, 6.07) is 5.28. The minimum absolute atomic E-state index is 0.104. The molecule has 0 aromatic heterocycles. The van der Waals surface area contributed by atoms with Crippen LogP contribution in [-0.4, -0.2) is 36.5 Å². The maximum absolute atomic E-state index is 11.9. The van der Waals surface area contributed by atoms with Gasteiger partial charge in [-0.25, -0.2) is 0 Å². The maximum Gasteiger partial charge on any atom is 0.237 e. The van der Waals surface area contributed by atoms with Gasteiger partial charge in [0.05, 0.1) is 12.1 Å². The van der Waals surface area contributed by atoms with E-state index in [0.29, 0.717) is 31.0 Å². The summed E-state index contributed by atoms with van der Waals surface area (Å²) in [7, 11) is 0. The number of rotatable bonds is 3. The van der Waals surface area contributed by atoms with Gasteiger partial charge in [-0.05, 0) is 12.5 Å². The Labute approximate surface area is 110 Å². The number of aliphatic hydroxyl groups is 1. The summed E-state index contributed by atoms with van der Waals surface area (Å²) in [5, 5.41) is 15.2. The zero-order chi connectivity index (χ0) is 13.2. The molecule has 2 heterocycles. The molecule has 1 amide bonds. The molecule has 0 unspecified atom stereocenters. The van der Waals surface area contributed by atoms with Gasteiger partial charge in [0.2, 0.25) is 12.7 Å². The molecule has 19 heavy (non-hydrogen) atoms. The summed E-state index contributed by atoms with van der Waals surface area (Å²) in [6.07, 6.45) is 0.0201. The van der Waals surface area contributed by atoms with Gasteiger partial charge in [-0.1, -0.05) is 12.1 Å². The fourth-order valence-corrected chi connectivity index (χ4v) is 2.35. The van der Waals surface area contributed by atoms with Crippen molar-refractivity contribution in [3.05, 3.63) is 23.8 Å². The van der Waals surface area contributed by atoms with Crippen LogP contribution >= 0.6 is 0 Å². The molecule has 3 N–H and O–H groups in total. The zero-order valence-electron chi connectivity index (χ0n) is 10.4. The first-order valence-corrected chi connectivity index (χ1v) is 6.30. The molecular formula is C13H16N2O4. The molecule has 2 atom stereocenters. The Morgan fingerprint density at radius 1 is 1.47 bits per heavy atom. The van der Waals surface area contributed by atoms with Crippen molar-refractivity contribution in [2.45, 2.75) is 25.1 Å². The molecule has 6 heteroatoms. The Balaban J connectivity index is 1.61. The normalized spacial score (nSPS) is 24.5. The van der Waals surface area contributed by atoms with Crippen molar-refractivity contribution in [2.24, 2.45) is 0 Å². The molecule has 2 aliphatic rings. The van der Waals surface area contributed by atoms with E-state index in [1.54, 1.807) is 0 Å². The van der Waals surface area contributed by atoms with Crippen LogP contribution in [0.5, 0.6) is 11.5 Å². The number of nitrogens with one attached hydrogen (secondary N) is 2. The Morgan fingerprint density at radius 2 is 2.37 bits per heavy atom. The second kappa shape index (κ2) is 5.07. The number of para-hydroxylation sites is 1. The highest BCUT2D eigenvalue weighted by Gasteiger charge is 2.28. The number of carbonyl (C=O) groups is 1. The lowest BCUT2D eigenvalue weighted by atomic mass is 10.1. The van der Waals surface area contributed by atoms with Crippen LogP contribution in [0.4, 0.5) is 0 Å². The summed E-state index contributed by atoms with van der Waals surface area (Å²) in [5.74, 6) is 1.30. The highest BCUT2D eigenvalue weighted by atomic mass is 16.7. The van der Waals surface area contributed by atoms with Gasteiger partial charge in [-0.15, -0.1) is 0 Å². The van der Waals surface area contributed by atoms with Gasteiger partial charge in [0.1, 0.15) is 0 Å². The standard InChI is InChI=1S/C13H16N2O4/c16-9-4-10(14-6-9)13(17)15-5-8-2-1-3-11-12(8)19-7-18-11/h1-3,9-10,14,16H,4-7H2,(H,15,17)/t9-,10+/m0/s1. The first kappa shape index (κ1) is 12.3. The summed E-state index contributed by atoms with van der Waals surface area (Å²) < 4.78 is 10.7. The molecule has 6 nitrogen and oxygen atoms in total. The van der Waals surface area contributed by atoms with Crippen LogP contribution in [0, 0.1) is 0 Å². The van der Waals surface area contributed by atoms with Gasteiger partial charge in [-0.3, -0.25) is 4.79 Å². The fraction of sp³-hybridized carbons (Fsp3) is 0.462. The summed E-state index contributed by atoms with van der Waals surface area (Å²) >= 11 is 0. The topological polar surface area (TPSA) is 79.8 Å². The molecule has 0 radical (unpaired) electrons. The summed E-state index contributed by atoms with van der Waals surface area (Å²) in [6.45, 7) is 1.08. The number of ether oxygens (including phenoxy) is 2. The minimum atomic E-state index is -0.437. The molecule has 1 aromatic rings. The molecule has 1 aromatic carbocycles. The van der Waals surface area contributed by atoms with Crippen LogP contribution < -0.4 is 20.1 Å². The number of hydrogen-bond acceptors (Lipinski definition) is 5. The monoisotopic (exact) mass is 264 g/mol. The van der Waals surface area contributed by atoms with Gasteiger partial charge in [0, 0.05) is 18.7 Å². The molecule has 3 rings (SSSR count). The molecule has 1 saturated heterocycles. The lowest BCUT2D eigenvalue weighted by Gasteiger charge is -2.12. The molecule has 2 aliphatic heterocycles. The van der Waals surface area contributed by atoms with Crippen LogP contribution in [0.3, 0.4) is 0 Å². The van der Waals surface area contributed by atoms with Crippen LogP contribution in [-0.2, 0) is 11.3 Å². The van der Waals surface area contributed by atoms with Gasteiger partial charge in [0.15, 0.2) is 11.5 Å². The van der Waals surface area contributed by atoms with E-state index in [9.17, 15) is 9.90 Å². The van der Waals surface area contributed by atoms with Crippen molar-refractivity contribution in [3.63, 3.8) is 0 Å². The third kappa shape index (κ3) is 2.50. The summed E-state index contributed by atoms with van der Waals surface area (Å²) in [5.41, 5.74) is 0.891. The minimum Gasteiger partial charge on any atom is -0.454 e. The van der Waals surface area contributed by atoms with E-state index in [2.05, 4.69) is 10.6 Å². The molecular weight excluding hydrogens is 248 g/mol. The molecule has 1 fully saturated rings. The predicted molar refractivity (Wildman–Crippen MR) is 66.8 cm³/mol. The number of benzene rings is 1. The Kier molecular flexibility index (Phi) is 3.27. The van der Waals surface area contributed by atoms with Crippen molar-refractivity contribution in [3.8, 4) is 11.5 Å². The number of aliphatic hydroxyl groups excluding tert-OH is 1. The van der Waals surface area contributed by atoms with Crippen molar-refractivity contribution in [1.82, 2.24) is 10.6 Å². The molecule has 0 spiro atoms. The van der Waals surface area contributed by atoms with Crippen LogP contribution in [0.1, 0.15) is 12.0 Å². The quantitative estimate of drug-likeness (QED) is 0.702. The number of hydrogen-bond donors (Lipinski definition) is 3. The molecule has 0 bridgehead atoms. The van der Waals surface area contributed by atoms with Crippen LogP contribution in [0.15, 0.2) is 18.2 Å². The second-order valence-electron chi connectivity index (χ2n) is 4.72. The van der Waals surface area contributed by atoms with E-state index >= 15 is 0 Å². The van der Waals surface area contributed by atoms with Gasteiger partial charge in [-0.2, -0.15) is 0 Å². The van der Waals surface area contributed by atoms with E-state index in [0.717, 1.165) is 5.56 Å². The highest BCUT2D eigenvalue weighted by molar-refractivity contribution is 5.82. The maximum atomic E-state index is 11.9. The van der Waals surface area contributed by atoms with Gasteiger partial charge < -0.3 is 25.2 Å². The predicted octanol–water partition coefficient (Wildman–Crippen LogP) is -0.246. The average molecular weight is 264 g/mol. The smallest absolute Gasteiger partial charge is 0.237 e. The number of fused-ring (bicyclic) bond motifs is 1. The lowest BCUT2D eigenvalue weighted by Crippen LogP contribution is -2.40. The van der Waals surface area contributed by atoms with E-state index in [-0.39, 0.29) is 18.7 Å². The van der Waals surface area contributed by atoms with Gasteiger partial charge >= 0.3 is 0 Å². The first-order chi connectivity index (χ1) is 9.24. The third-order valence-corrected chi connectivity index (χ3v) is 3.36. The number of amides is 1. The molecule has 0 saturated carbocycles. The van der Waals surface area contributed by atoms with Crippen molar-refractivity contribution in [1.29, 1.82) is 0 Å². The SMILES string of the molecule is O=C(NCc1cccc2c1OCO2)[C@H]1C[C@H](O)CN1. The fourth-order valence-electron chi connectivity index (χ4n) is 2.35. The zero-order valence-corrected chi connectivity index (χ0v) is 10.4. The van der Waals surface area contributed by atoms with Crippen LogP contribution in [0.2, 0.25) is 0 Å². The third-order valence-electron chi connectivity index (χ3n) is 3.36. The average Bonchev–Trinajstić information content (AvgIpc) is 3.04.